The molecule has 0 aromatic carbocycles. The van der Waals surface area contributed by atoms with E-state index >= 15 is 0 Å². The molecule has 1 aliphatic rings. The van der Waals surface area contributed by atoms with Gasteiger partial charge in [-0.2, -0.15) is 0 Å². The first-order chi connectivity index (χ1) is 5.12. The van der Waals surface area contributed by atoms with Crippen molar-refractivity contribution in [2.75, 3.05) is 0 Å². The molecule has 0 aromatic heterocycles. The van der Waals surface area contributed by atoms with Crippen LogP contribution in [0, 0.1) is 0 Å². The van der Waals surface area contributed by atoms with Crippen LogP contribution in [0.25, 0.3) is 0 Å². The van der Waals surface area contributed by atoms with Crippen molar-refractivity contribution in [2.45, 2.75) is 38.2 Å². The van der Waals surface area contributed by atoms with E-state index in [0.29, 0.717) is 0 Å². The van der Waals surface area contributed by atoms with E-state index in [2.05, 4.69) is 0 Å². The van der Waals surface area contributed by atoms with Crippen molar-refractivity contribution in [3.8, 4) is 0 Å². The van der Waals surface area contributed by atoms with Crippen molar-refractivity contribution in [3.63, 3.8) is 0 Å². The quantitative estimate of drug-likeness (QED) is 0.388. The first-order valence-electron chi connectivity index (χ1n) is 3.91. The fourth-order valence-electron chi connectivity index (χ4n) is 1.65. The van der Waals surface area contributed by atoms with Crippen molar-refractivity contribution in [1.29, 1.82) is 0 Å². The zero-order valence-corrected chi connectivity index (χ0v) is 10.3. The van der Waals surface area contributed by atoms with Gasteiger partial charge >= 0.3 is 77.7 Å². The van der Waals surface area contributed by atoms with Crippen LogP contribution in [0.3, 0.4) is 0 Å². The van der Waals surface area contributed by atoms with E-state index in [9.17, 15) is 14.7 Å². The molecule has 0 bridgehead atoms. The van der Waals surface area contributed by atoms with Crippen molar-refractivity contribution < 1.29 is 14.7 Å². The molecule has 3 nitrogen and oxygen atoms in total. The van der Waals surface area contributed by atoms with E-state index in [0.717, 1.165) is 10.4 Å². The summed E-state index contributed by atoms with van der Waals surface area (Å²) in [5.41, 5.74) is -4.23. The predicted octanol–water partition coefficient (Wildman–Crippen LogP) is 2.37. The van der Waals surface area contributed by atoms with Crippen LogP contribution in [0.2, 0.25) is 0 Å². The number of hydrogen-bond donors (Lipinski definition) is 3. The second-order valence-electron chi connectivity index (χ2n) is 3.62. The number of hydrogen-bond acceptors (Lipinski definition) is 4. The van der Waals surface area contributed by atoms with Crippen molar-refractivity contribution >= 4 is 24.8 Å². The summed E-state index contributed by atoms with van der Waals surface area (Å²) in [4.78, 5) is 28.8. The van der Waals surface area contributed by atoms with Crippen LogP contribution in [0.4, 0.5) is 0 Å². The molecule has 1 heterocycles. The van der Waals surface area contributed by atoms with E-state index in [-0.39, 0.29) is 10.5 Å². The molecule has 1 saturated heterocycles. The van der Waals surface area contributed by atoms with E-state index in [1.54, 1.807) is 0 Å². The van der Waals surface area contributed by atoms with Gasteiger partial charge < -0.3 is 0 Å². The van der Waals surface area contributed by atoms with Crippen LogP contribution in [0.1, 0.15) is 27.7 Å². The summed E-state index contributed by atoms with van der Waals surface area (Å²) in [6.07, 6.45) is 0. The van der Waals surface area contributed by atoms with Crippen molar-refractivity contribution in [3.05, 3.63) is 0 Å². The molecule has 1 aliphatic heterocycles. The van der Waals surface area contributed by atoms with E-state index in [1.165, 1.54) is 0 Å². The molecule has 1 fully saturated rings. The summed E-state index contributed by atoms with van der Waals surface area (Å²) in [5, 5.41) is 0.334. The molecule has 0 atom stereocenters. The van der Waals surface area contributed by atoms with E-state index in [4.69, 9.17) is 0 Å². The molecule has 0 amide bonds. The van der Waals surface area contributed by atoms with E-state index in [1.807, 2.05) is 27.7 Å². The molecule has 12 heavy (non-hydrogen) atoms. The van der Waals surface area contributed by atoms with Gasteiger partial charge in [-0.1, -0.05) is 0 Å². The Kier molecular flexibility index (Phi) is 2.33. The van der Waals surface area contributed by atoms with Crippen LogP contribution in [0.15, 0.2) is 0 Å². The molecule has 0 aliphatic carbocycles. The fraction of sp³-hybridized carbons (Fsp3) is 1.00. The Bertz CT molecular complexity index is 201. The predicted molar refractivity (Wildman–Crippen MR) is 59.0 cm³/mol. The summed E-state index contributed by atoms with van der Waals surface area (Å²) in [7, 11) is -0.588. The first kappa shape index (κ1) is 11.1. The Morgan fingerprint density at radius 3 is 1.25 bits per heavy atom. The van der Waals surface area contributed by atoms with Gasteiger partial charge in [0.2, 0.25) is 0 Å². The average molecular weight is 232 g/mol. The maximum atomic E-state index is 9.59. The second kappa shape index (κ2) is 2.53. The second-order valence-corrected chi connectivity index (χ2v) is 19.3. The molecule has 6 heteroatoms. The summed E-state index contributed by atoms with van der Waals surface area (Å²) < 4.78 is 0. The van der Waals surface area contributed by atoms with Gasteiger partial charge in [-0.25, -0.2) is 0 Å². The van der Waals surface area contributed by atoms with Gasteiger partial charge in [0.05, 0.1) is 0 Å². The van der Waals surface area contributed by atoms with Gasteiger partial charge in [0.1, 0.15) is 0 Å². The van der Waals surface area contributed by atoms with Gasteiger partial charge in [0.25, 0.3) is 0 Å². The van der Waals surface area contributed by atoms with Crippen LogP contribution in [-0.4, -0.2) is 25.2 Å². The number of rotatable bonds is 2. The standard InChI is InChI=1S/C6H17O3PS2/c1-5(2)12(6(3)4)10(7,8,9)11-12/h5-9H,1-4H3. The van der Waals surface area contributed by atoms with Gasteiger partial charge in [-0.15, -0.1) is 0 Å². The summed E-state index contributed by atoms with van der Waals surface area (Å²) >= 11 is 0. The molecule has 1 rings (SSSR count). The van der Waals surface area contributed by atoms with Gasteiger partial charge in [0, 0.05) is 0 Å². The Hall–Kier alpha value is 1.01. The molecule has 0 unspecified atom stereocenters. The van der Waals surface area contributed by atoms with Crippen LogP contribution in [0.5, 0.6) is 0 Å². The Labute approximate surface area is 77.9 Å². The zero-order valence-electron chi connectivity index (χ0n) is 7.76. The van der Waals surface area contributed by atoms with Crippen molar-refractivity contribution in [1.82, 2.24) is 0 Å². The molecule has 76 valence electrons. The Balaban J connectivity index is 2.99. The first-order valence-corrected chi connectivity index (χ1v) is 10.3. The third-order valence-corrected chi connectivity index (χ3v) is 23.5. The molecular formula is C6H17O3PS2. The van der Waals surface area contributed by atoms with Crippen LogP contribution >= 0.6 is 24.8 Å². The van der Waals surface area contributed by atoms with Gasteiger partial charge in [-0.05, 0) is 0 Å². The SMILES string of the molecule is CC(C)S1(C(C)C)SP1(O)(O)O. The summed E-state index contributed by atoms with van der Waals surface area (Å²) in [6.45, 7) is 7.78. The Morgan fingerprint density at radius 1 is 1.00 bits per heavy atom. The molecule has 0 spiro atoms. The topological polar surface area (TPSA) is 60.7 Å². The van der Waals surface area contributed by atoms with Gasteiger partial charge in [0.15, 0.2) is 0 Å². The van der Waals surface area contributed by atoms with Gasteiger partial charge in [-0.3, -0.25) is 0 Å². The minimum absolute atomic E-state index is 0.167. The maximum absolute atomic E-state index is 9.59. The van der Waals surface area contributed by atoms with Crippen LogP contribution in [-0.2, 0) is 0 Å². The fourth-order valence-corrected chi connectivity index (χ4v) is 25.6. The molecule has 0 aromatic rings. The minimum atomic E-state index is -4.23. The summed E-state index contributed by atoms with van der Waals surface area (Å²) in [5.74, 6) is 0. The molecule has 3 N–H and O–H groups in total. The third-order valence-electron chi connectivity index (χ3n) is 2.08. The third kappa shape index (κ3) is 1.22. The Morgan fingerprint density at radius 2 is 1.25 bits per heavy atom. The normalized spacial score (nSPS) is 35.6. The average Bonchev–Trinajstić information content (AvgIpc) is 2.28. The van der Waals surface area contributed by atoms with Crippen molar-refractivity contribution in [2.24, 2.45) is 0 Å². The van der Waals surface area contributed by atoms with Crippen LogP contribution < -0.4 is 0 Å². The zero-order chi connectivity index (χ0) is 9.81. The summed E-state index contributed by atoms with van der Waals surface area (Å²) in [6, 6.07) is 0. The monoisotopic (exact) mass is 232 g/mol. The molecule has 0 radical (unpaired) electrons. The van der Waals surface area contributed by atoms with E-state index < -0.39 is 14.4 Å². The molecular weight excluding hydrogens is 215 g/mol. The molecule has 0 saturated carbocycles.